The van der Waals surface area contributed by atoms with Crippen molar-refractivity contribution in [3.63, 3.8) is 0 Å². The first-order valence-electron chi connectivity index (χ1n) is 8.15. The van der Waals surface area contributed by atoms with Gasteiger partial charge in [-0.2, -0.15) is 0 Å². The summed E-state index contributed by atoms with van der Waals surface area (Å²) in [5.41, 5.74) is 1.56. The van der Waals surface area contributed by atoms with Gasteiger partial charge < -0.3 is 19.5 Å². The monoisotopic (exact) mass is 341 g/mol. The molecule has 2 aromatic carbocycles. The van der Waals surface area contributed by atoms with Gasteiger partial charge in [0.15, 0.2) is 6.79 Å². The number of para-hydroxylation sites is 2. The first-order chi connectivity index (χ1) is 12.2. The van der Waals surface area contributed by atoms with E-state index < -0.39 is 0 Å². The lowest BCUT2D eigenvalue weighted by atomic mass is 10.2. The van der Waals surface area contributed by atoms with Crippen LogP contribution in [-0.2, 0) is 9.53 Å². The molecule has 0 saturated carbocycles. The van der Waals surface area contributed by atoms with Gasteiger partial charge in [-0.05, 0) is 42.3 Å². The number of methoxy groups -OCH3 is 1. The molecule has 5 heteroatoms. The van der Waals surface area contributed by atoms with Crippen molar-refractivity contribution in [2.45, 2.75) is 13.3 Å². The lowest BCUT2D eigenvalue weighted by Crippen LogP contribution is -2.09. The van der Waals surface area contributed by atoms with Crippen molar-refractivity contribution in [3.8, 4) is 11.5 Å². The Kier molecular flexibility index (Phi) is 7.53. The summed E-state index contributed by atoms with van der Waals surface area (Å²) in [6.07, 6.45) is 4.14. The van der Waals surface area contributed by atoms with Gasteiger partial charge in [0.2, 0.25) is 5.91 Å². The minimum absolute atomic E-state index is 0.205. The van der Waals surface area contributed by atoms with Gasteiger partial charge in [-0.15, -0.1) is 0 Å². The summed E-state index contributed by atoms with van der Waals surface area (Å²) >= 11 is 0. The predicted molar refractivity (Wildman–Crippen MR) is 98.8 cm³/mol. The highest BCUT2D eigenvalue weighted by atomic mass is 16.7. The minimum Gasteiger partial charge on any atom is -0.491 e. The molecule has 0 spiro atoms. The van der Waals surface area contributed by atoms with Crippen LogP contribution in [0.2, 0.25) is 0 Å². The summed E-state index contributed by atoms with van der Waals surface area (Å²) in [6.45, 7) is 2.85. The van der Waals surface area contributed by atoms with Gasteiger partial charge in [0.25, 0.3) is 0 Å². The van der Waals surface area contributed by atoms with Crippen LogP contribution in [0.5, 0.6) is 11.5 Å². The van der Waals surface area contributed by atoms with E-state index in [0.717, 1.165) is 12.0 Å². The van der Waals surface area contributed by atoms with E-state index in [1.54, 1.807) is 13.2 Å². The summed E-state index contributed by atoms with van der Waals surface area (Å²) < 4.78 is 15.8. The Morgan fingerprint density at radius 2 is 1.84 bits per heavy atom. The van der Waals surface area contributed by atoms with E-state index in [2.05, 4.69) is 5.32 Å². The summed E-state index contributed by atoms with van der Waals surface area (Å²) in [6, 6.07) is 14.8. The lowest BCUT2D eigenvalue weighted by Gasteiger charge is -2.10. The topological polar surface area (TPSA) is 56.8 Å². The lowest BCUT2D eigenvalue weighted by molar-refractivity contribution is -0.111. The van der Waals surface area contributed by atoms with E-state index in [4.69, 9.17) is 14.2 Å². The van der Waals surface area contributed by atoms with Crippen LogP contribution in [0, 0.1) is 0 Å². The van der Waals surface area contributed by atoms with E-state index >= 15 is 0 Å². The third-order valence-electron chi connectivity index (χ3n) is 3.26. The molecule has 0 heterocycles. The van der Waals surface area contributed by atoms with Gasteiger partial charge in [0, 0.05) is 13.2 Å². The molecule has 0 fully saturated rings. The van der Waals surface area contributed by atoms with Gasteiger partial charge >= 0.3 is 0 Å². The zero-order chi connectivity index (χ0) is 17.9. The Labute approximate surface area is 148 Å². The Bertz CT molecular complexity index is 695. The van der Waals surface area contributed by atoms with E-state index in [-0.39, 0.29) is 12.7 Å². The molecule has 0 saturated heterocycles. The zero-order valence-corrected chi connectivity index (χ0v) is 14.5. The number of carbonyl (C=O) groups is 1. The highest BCUT2D eigenvalue weighted by Crippen LogP contribution is 2.24. The number of nitrogens with one attached hydrogen (secondary N) is 1. The fourth-order valence-electron chi connectivity index (χ4n) is 2.06. The largest absolute Gasteiger partial charge is 0.491 e. The highest BCUT2D eigenvalue weighted by Gasteiger charge is 2.05. The normalized spacial score (nSPS) is 10.6. The van der Waals surface area contributed by atoms with E-state index in [1.165, 1.54) is 6.08 Å². The van der Waals surface area contributed by atoms with Crippen molar-refractivity contribution < 1.29 is 19.0 Å². The number of hydrogen-bond donors (Lipinski definition) is 1. The van der Waals surface area contributed by atoms with Crippen molar-refractivity contribution in [2.75, 3.05) is 25.8 Å². The fraction of sp³-hybridized carbons (Fsp3) is 0.250. The molecule has 0 aliphatic carbocycles. The molecule has 0 atom stereocenters. The van der Waals surface area contributed by atoms with Crippen molar-refractivity contribution in [1.82, 2.24) is 0 Å². The molecule has 25 heavy (non-hydrogen) atoms. The molecule has 0 aromatic heterocycles. The average molecular weight is 341 g/mol. The molecular formula is C20H23NO4. The van der Waals surface area contributed by atoms with Crippen LogP contribution in [0.15, 0.2) is 54.6 Å². The number of ether oxygens (including phenoxy) is 3. The number of rotatable bonds is 9. The van der Waals surface area contributed by atoms with Gasteiger partial charge in [-0.3, -0.25) is 4.79 Å². The predicted octanol–water partition coefficient (Wildman–Crippen LogP) is 4.11. The standard InChI is InChI=1S/C20H23NO4/c1-3-14-24-19-7-5-4-6-18(19)21-20(22)13-10-16-8-11-17(12-9-16)25-15-23-2/h4-13H,3,14-15H2,1-2H3,(H,21,22)/b13-10+. The first kappa shape index (κ1) is 18.5. The summed E-state index contributed by atoms with van der Waals surface area (Å²) in [5.74, 6) is 1.17. The van der Waals surface area contributed by atoms with E-state index in [1.807, 2.05) is 55.5 Å². The molecule has 0 bridgehead atoms. The van der Waals surface area contributed by atoms with Crippen LogP contribution in [-0.4, -0.2) is 26.4 Å². The van der Waals surface area contributed by atoms with Crippen LogP contribution in [0.4, 0.5) is 5.69 Å². The Balaban J connectivity index is 1.94. The summed E-state index contributed by atoms with van der Waals surface area (Å²) in [5, 5.41) is 2.84. The summed E-state index contributed by atoms with van der Waals surface area (Å²) in [7, 11) is 1.57. The second-order valence-electron chi connectivity index (χ2n) is 5.29. The van der Waals surface area contributed by atoms with Crippen LogP contribution in [0.3, 0.4) is 0 Å². The Morgan fingerprint density at radius 1 is 1.08 bits per heavy atom. The molecule has 1 N–H and O–H groups in total. The van der Waals surface area contributed by atoms with Crippen LogP contribution in [0.1, 0.15) is 18.9 Å². The SMILES string of the molecule is CCCOc1ccccc1NC(=O)/C=C/c1ccc(OCOC)cc1. The van der Waals surface area contributed by atoms with Crippen LogP contribution >= 0.6 is 0 Å². The van der Waals surface area contributed by atoms with Gasteiger partial charge in [0.1, 0.15) is 11.5 Å². The third-order valence-corrected chi connectivity index (χ3v) is 3.26. The summed E-state index contributed by atoms with van der Waals surface area (Å²) in [4.78, 5) is 12.1. The zero-order valence-electron chi connectivity index (χ0n) is 14.5. The van der Waals surface area contributed by atoms with E-state index in [9.17, 15) is 4.79 Å². The Morgan fingerprint density at radius 3 is 2.56 bits per heavy atom. The number of carbonyl (C=O) groups excluding carboxylic acids is 1. The van der Waals surface area contributed by atoms with E-state index in [0.29, 0.717) is 23.8 Å². The molecule has 0 aliphatic heterocycles. The number of anilines is 1. The highest BCUT2D eigenvalue weighted by molar-refractivity contribution is 6.02. The van der Waals surface area contributed by atoms with Crippen molar-refractivity contribution in [2.24, 2.45) is 0 Å². The number of benzene rings is 2. The molecule has 0 radical (unpaired) electrons. The van der Waals surface area contributed by atoms with Gasteiger partial charge in [-0.1, -0.05) is 31.2 Å². The average Bonchev–Trinajstić information content (AvgIpc) is 2.65. The third kappa shape index (κ3) is 6.31. The Hall–Kier alpha value is -2.79. The minimum atomic E-state index is -0.216. The van der Waals surface area contributed by atoms with Crippen molar-refractivity contribution >= 4 is 17.7 Å². The molecule has 2 aromatic rings. The molecule has 132 valence electrons. The molecule has 0 unspecified atom stereocenters. The number of hydrogen-bond acceptors (Lipinski definition) is 4. The maximum atomic E-state index is 12.1. The number of amides is 1. The van der Waals surface area contributed by atoms with Crippen LogP contribution < -0.4 is 14.8 Å². The van der Waals surface area contributed by atoms with Crippen molar-refractivity contribution in [3.05, 3.63) is 60.2 Å². The fourth-order valence-corrected chi connectivity index (χ4v) is 2.06. The molecular weight excluding hydrogens is 318 g/mol. The first-order valence-corrected chi connectivity index (χ1v) is 8.15. The van der Waals surface area contributed by atoms with Crippen molar-refractivity contribution in [1.29, 1.82) is 0 Å². The molecule has 5 nitrogen and oxygen atoms in total. The quantitative estimate of drug-likeness (QED) is 0.551. The van der Waals surface area contributed by atoms with Crippen LogP contribution in [0.25, 0.3) is 6.08 Å². The maximum Gasteiger partial charge on any atom is 0.248 e. The molecule has 1 amide bonds. The molecule has 2 rings (SSSR count). The van der Waals surface area contributed by atoms with Gasteiger partial charge in [0.05, 0.1) is 12.3 Å². The maximum absolute atomic E-state index is 12.1. The van der Waals surface area contributed by atoms with Gasteiger partial charge in [-0.25, -0.2) is 0 Å². The molecule has 0 aliphatic rings. The second kappa shape index (κ2) is 10.2. The second-order valence-corrected chi connectivity index (χ2v) is 5.29. The smallest absolute Gasteiger partial charge is 0.248 e.